The van der Waals surface area contributed by atoms with E-state index in [4.69, 9.17) is 0 Å². The topological polar surface area (TPSA) is 58.2 Å². The minimum Gasteiger partial charge on any atom is -0.334 e. The summed E-state index contributed by atoms with van der Waals surface area (Å²) in [6.45, 7) is 0.316. The zero-order chi connectivity index (χ0) is 8.27. The van der Waals surface area contributed by atoms with Gasteiger partial charge in [0.15, 0.2) is 0 Å². The molecule has 0 radical (unpaired) electrons. The quantitative estimate of drug-likeness (QED) is 0.487. The third-order valence-corrected chi connectivity index (χ3v) is 1.61. The number of nitrogens with one attached hydrogen (secondary N) is 2. The first-order chi connectivity index (χ1) is 5.24. The normalized spacial score (nSPS) is 21.4. The van der Waals surface area contributed by atoms with Crippen LogP contribution in [-0.4, -0.2) is 23.8 Å². The van der Waals surface area contributed by atoms with Gasteiger partial charge in [0.25, 0.3) is 5.91 Å². The molecule has 0 unspecified atom stereocenters. The molecule has 1 heterocycles. The smallest absolute Gasteiger partial charge is 0.321 e. The predicted molar refractivity (Wildman–Crippen MR) is 43.4 cm³/mol. The summed E-state index contributed by atoms with van der Waals surface area (Å²) in [6, 6.07) is -0.429. The van der Waals surface area contributed by atoms with Crippen molar-refractivity contribution in [3.8, 4) is 0 Å². The van der Waals surface area contributed by atoms with Gasteiger partial charge in [-0.1, -0.05) is 22.0 Å². The summed E-state index contributed by atoms with van der Waals surface area (Å²) in [5.41, 5.74) is 0.585. The van der Waals surface area contributed by atoms with Gasteiger partial charge in [-0.15, -0.1) is 0 Å². The van der Waals surface area contributed by atoms with Crippen molar-refractivity contribution < 1.29 is 9.59 Å². The van der Waals surface area contributed by atoms with Crippen molar-refractivity contribution in [3.05, 3.63) is 11.6 Å². The Morgan fingerprint density at radius 1 is 1.55 bits per heavy atom. The van der Waals surface area contributed by atoms with Gasteiger partial charge in [-0.3, -0.25) is 10.1 Å². The Balaban J connectivity index is 2.65. The lowest BCUT2D eigenvalue weighted by Crippen LogP contribution is -2.48. The fraction of sp³-hybridized carbons (Fsp3) is 0.333. The highest BCUT2D eigenvalue weighted by Gasteiger charge is 2.18. The molecule has 0 aromatic rings. The molecule has 0 saturated carbocycles. The molecule has 1 fully saturated rings. The number of carbonyl (C=O) groups excluding carboxylic acids is 2. The van der Waals surface area contributed by atoms with Gasteiger partial charge in [0.05, 0.1) is 0 Å². The third-order valence-electron chi connectivity index (χ3n) is 1.28. The maximum atomic E-state index is 10.9. The number of alkyl halides is 1. The molecule has 3 amide bonds. The van der Waals surface area contributed by atoms with E-state index in [0.717, 1.165) is 0 Å². The van der Waals surface area contributed by atoms with Crippen LogP contribution < -0.4 is 10.6 Å². The van der Waals surface area contributed by atoms with Crippen molar-refractivity contribution in [2.24, 2.45) is 0 Å². The van der Waals surface area contributed by atoms with E-state index in [1.165, 1.54) is 0 Å². The van der Waals surface area contributed by atoms with E-state index >= 15 is 0 Å². The van der Waals surface area contributed by atoms with E-state index in [1.807, 2.05) is 0 Å². The lowest BCUT2D eigenvalue weighted by Gasteiger charge is -2.14. The SMILES string of the molecule is O=C1NC/C(=C/CBr)C(=O)N1. The number of hydrogen-bond donors (Lipinski definition) is 2. The molecule has 1 aliphatic rings. The van der Waals surface area contributed by atoms with Crippen molar-refractivity contribution in [2.75, 3.05) is 11.9 Å². The maximum absolute atomic E-state index is 10.9. The summed E-state index contributed by atoms with van der Waals surface area (Å²) in [7, 11) is 0. The average Bonchev–Trinajstić information content (AvgIpc) is 1.95. The Kier molecular flexibility index (Phi) is 2.64. The molecule has 5 heteroatoms. The fourth-order valence-electron chi connectivity index (χ4n) is 0.741. The molecule has 1 rings (SSSR count). The lowest BCUT2D eigenvalue weighted by atomic mass is 10.2. The number of hydrogen-bond acceptors (Lipinski definition) is 2. The van der Waals surface area contributed by atoms with E-state index in [1.54, 1.807) is 6.08 Å². The van der Waals surface area contributed by atoms with Gasteiger partial charge < -0.3 is 5.32 Å². The summed E-state index contributed by atoms with van der Waals surface area (Å²) in [6.07, 6.45) is 1.72. The number of imide groups is 1. The van der Waals surface area contributed by atoms with Crippen molar-refractivity contribution >= 4 is 27.9 Å². The van der Waals surface area contributed by atoms with Crippen LogP contribution in [-0.2, 0) is 4.79 Å². The highest BCUT2D eigenvalue weighted by molar-refractivity contribution is 9.09. The van der Waals surface area contributed by atoms with E-state index in [0.29, 0.717) is 17.4 Å². The van der Waals surface area contributed by atoms with Gasteiger partial charge in [0, 0.05) is 17.4 Å². The highest BCUT2D eigenvalue weighted by atomic mass is 79.9. The second kappa shape index (κ2) is 3.52. The molecule has 1 saturated heterocycles. The van der Waals surface area contributed by atoms with Gasteiger partial charge >= 0.3 is 6.03 Å². The van der Waals surface area contributed by atoms with Crippen LogP contribution in [0.2, 0.25) is 0 Å². The molecular weight excluding hydrogens is 212 g/mol. The first-order valence-corrected chi connectivity index (χ1v) is 4.20. The second-order valence-corrected chi connectivity index (χ2v) is 2.67. The molecular formula is C6H7BrN2O2. The van der Waals surface area contributed by atoms with Gasteiger partial charge in [-0.2, -0.15) is 0 Å². The number of amides is 3. The van der Waals surface area contributed by atoms with Crippen LogP contribution in [0.4, 0.5) is 4.79 Å². The second-order valence-electron chi connectivity index (χ2n) is 2.02. The summed E-state index contributed by atoms with van der Waals surface area (Å²) in [4.78, 5) is 21.5. The van der Waals surface area contributed by atoms with Gasteiger partial charge in [-0.05, 0) is 0 Å². The van der Waals surface area contributed by atoms with Crippen LogP contribution in [0.15, 0.2) is 11.6 Å². The molecule has 2 N–H and O–H groups in total. The minimum absolute atomic E-state index is 0.312. The Labute approximate surface area is 72.2 Å². The molecule has 0 aromatic heterocycles. The maximum Gasteiger partial charge on any atom is 0.321 e. The standard InChI is InChI=1S/C6H7BrN2O2/c7-2-1-4-3-8-6(11)9-5(4)10/h1H,2-3H2,(H2,8,9,10,11)/b4-1-. The molecule has 4 nitrogen and oxygen atoms in total. The molecule has 11 heavy (non-hydrogen) atoms. The molecule has 60 valence electrons. The Morgan fingerprint density at radius 2 is 2.27 bits per heavy atom. The number of rotatable bonds is 1. The Bertz CT molecular complexity index is 225. The monoisotopic (exact) mass is 218 g/mol. The minimum atomic E-state index is -0.429. The van der Waals surface area contributed by atoms with Crippen molar-refractivity contribution in [2.45, 2.75) is 0 Å². The van der Waals surface area contributed by atoms with Crippen molar-refractivity contribution in [3.63, 3.8) is 0 Å². The van der Waals surface area contributed by atoms with Crippen LogP contribution in [0.1, 0.15) is 0 Å². The zero-order valence-electron chi connectivity index (χ0n) is 5.69. The lowest BCUT2D eigenvalue weighted by molar-refractivity contribution is -0.116. The van der Waals surface area contributed by atoms with Crippen LogP contribution in [0.25, 0.3) is 0 Å². The summed E-state index contributed by atoms with van der Waals surface area (Å²) in [5.74, 6) is -0.312. The van der Waals surface area contributed by atoms with Crippen molar-refractivity contribution in [1.29, 1.82) is 0 Å². The van der Waals surface area contributed by atoms with E-state index in [2.05, 4.69) is 26.6 Å². The summed E-state index contributed by atoms with van der Waals surface area (Å²) in [5, 5.41) is 5.24. The first-order valence-electron chi connectivity index (χ1n) is 3.08. The van der Waals surface area contributed by atoms with E-state index in [-0.39, 0.29) is 5.91 Å². The molecule has 0 bridgehead atoms. The van der Waals surface area contributed by atoms with Gasteiger partial charge in [0.2, 0.25) is 0 Å². The molecule has 1 aliphatic heterocycles. The molecule has 0 atom stereocenters. The summed E-state index contributed by atoms with van der Waals surface area (Å²) >= 11 is 3.16. The average molecular weight is 219 g/mol. The van der Waals surface area contributed by atoms with Crippen LogP contribution >= 0.6 is 15.9 Å². The fourth-order valence-corrected chi connectivity index (χ4v) is 1.13. The number of urea groups is 1. The van der Waals surface area contributed by atoms with Gasteiger partial charge in [-0.25, -0.2) is 4.79 Å². The number of carbonyl (C=O) groups is 2. The van der Waals surface area contributed by atoms with E-state index < -0.39 is 6.03 Å². The Morgan fingerprint density at radius 3 is 2.82 bits per heavy atom. The van der Waals surface area contributed by atoms with Gasteiger partial charge in [0.1, 0.15) is 0 Å². The van der Waals surface area contributed by atoms with Crippen LogP contribution in [0.3, 0.4) is 0 Å². The van der Waals surface area contributed by atoms with Crippen molar-refractivity contribution in [1.82, 2.24) is 10.6 Å². The number of allylic oxidation sites excluding steroid dienone is 1. The number of halogens is 1. The molecule has 0 aliphatic carbocycles. The Hall–Kier alpha value is -0.840. The molecule has 0 spiro atoms. The van der Waals surface area contributed by atoms with Crippen LogP contribution in [0, 0.1) is 0 Å². The van der Waals surface area contributed by atoms with Crippen LogP contribution in [0.5, 0.6) is 0 Å². The zero-order valence-corrected chi connectivity index (χ0v) is 7.27. The molecule has 0 aromatic carbocycles. The predicted octanol–water partition coefficient (Wildman–Crippen LogP) is 0.147. The largest absolute Gasteiger partial charge is 0.334 e. The third kappa shape index (κ3) is 2.04. The first kappa shape index (κ1) is 8.26. The summed E-state index contributed by atoms with van der Waals surface area (Å²) < 4.78 is 0. The van der Waals surface area contributed by atoms with E-state index in [9.17, 15) is 9.59 Å². The highest BCUT2D eigenvalue weighted by Crippen LogP contribution is 1.98.